The fourth-order valence-electron chi connectivity index (χ4n) is 1.15. The van der Waals surface area contributed by atoms with E-state index in [0.29, 0.717) is 4.31 Å². The van der Waals surface area contributed by atoms with Crippen LogP contribution in [0.15, 0.2) is 29.2 Å². The Morgan fingerprint density at radius 3 is 2.33 bits per heavy atom. The number of nitrogens with zero attached hydrogens (tertiary/aromatic N) is 2. The molecule has 0 spiro atoms. The third-order valence-electron chi connectivity index (χ3n) is 2.19. The molecule has 0 heterocycles. The van der Waals surface area contributed by atoms with Crippen LogP contribution < -0.4 is 5.43 Å². The van der Waals surface area contributed by atoms with Crippen LogP contribution in [0.4, 0.5) is 0 Å². The lowest BCUT2D eigenvalue weighted by molar-refractivity contribution is -0.526. The van der Waals surface area contributed by atoms with Crippen molar-refractivity contribution in [3.05, 3.63) is 39.9 Å². The molecule has 9 heteroatoms. The molecule has 1 rings (SSSR count). The molecule has 18 heavy (non-hydrogen) atoms. The van der Waals surface area contributed by atoms with Crippen molar-refractivity contribution in [1.29, 1.82) is 5.41 Å². The van der Waals surface area contributed by atoms with Crippen molar-refractivity contribution in [3.63, 3.8) is 0 Å². The molecule has 0 radical (unpaired) electrons. The van der Waals surface area contributed by atoms with Gasteiger partial charge in [0.05, 0.1) is 4.90 Å². The van der Waals surface area contributed by atoms with Gasteiger partial charge in [0.25, 0.3) is 16.0 Å². The van der Waals surface area contributed by atoms with Gasteiger partial charge in [-0.15, -0.1) is 0 Å². The van der Waals surface area contributed by atoms with Crippen LogP contribution in [-0.4, -0.2) is 30.8 Å². The smallest absolute Gasteiger partial charge is 0.264 e. The van der Waals surface area contributed by atoms with Gasteiger partial charge < -0.3 is 0 Å². The summed E-state index contributed by atoms with van der Waals surface area (Å²) >= 11 is 0. The number of hydrogen-bond acceptors (Lipinski definition) is 5. The summed E-state index contributed by atoms with van der Waals surface area (Å²) in [6.45, 7) is 1.80. The van der Waals surface area contributed by atoms with E-state index in [0.717, 1.165) is 12.6 Å². The maximum atomic E-state index is 12.0. The van der Waals surface area contributed by atoms with Gasteiger partial charge in [-0.2, -0.15) is 0 Å². The van der Waals surface area contributed by atoms with E-state index in [1.807, 2.05) is 0 Å². The van der Waals surface area contributed by atoms with Gasteiger partial charge in [-0.1, -0.05) is 23.1 Å². The SMILES string of the molecule is Cc1ccc(S(=O)(=O)N(C)C(=N)N[N+](=O)[O-])cc1. The van der Waals surface area contributed by atoms with Crippen molar-refractivity contribution in [3.8, 4) is 0 Å². The summed E-state index contributed by atoms with van der Waals surface area (Å²) < 4.78 is 24.5. The largest absolute Gasteiger partial charge is 0.267 e. The molecule has 0 unspecified atom stereocenters. The van der Waals surface area contributed by atoms with Crippen LogP contribution in [0.1, 0.15) is 5.56 Å². The maximum Gasteiger partial charge on any atom is 0.267 e. The second kappa shape index (κ2) is 5.00. The second-order valence-corrected chi connectivity index (χ2v) is 5.47. The summed E-state index contributed by atoms with van der Waals surface area (Å²) in [5, 5.41) is 16.4. The van der Waals surface area contributed by atoms with Crippen LogP contribution in [0, 0.1) is 22.4 Å². The Morgan fingerprint density at radius 1 is 1.39 bits per heavy atom. The lowest BCUT2D eigenvalue weighted by Gasteiger charge is -2.17. The molecule has 1 aromatic carbocycles. The molecule has 0 bridgehead atoms. The number of sulfonamides is 1. The van der Waals surface area contributed by atoms with Crippen LogP contribution >= 0.6 is 0 Å². The summed E-state index contributed by atoms with van der Waals surface area (Å²) in [7, 11) is -2.90. The van der Waals surface area contributed by atoms with Crippen molar-refractivity contribution in [2.45, 2.75) is 11.8 Å². The number of guanidine groups is 1. The predicted octanol–water partition coefficient (Wildman–Crippen LogP) is 0.332. The monoisotopic (exact) mass is 272 g/mol. The van der Waals surface area contributed by atoms with Crippen LogP contribution in [0.3, 0.4) is 0 Å². The molecule has 0 aliphatic rings. The minimum Gasteiger partial charge on any atom is -0.264 e. The van der Waals surface area contributed by atoms with Crippen LogP contribution in [0.25, 0.3) is 0 Å². The lowest BCUT2D eigenvalue weighted by Crippen LogP contribution is -2.44. The van der Waals surface area contributed by atoms with Crippen LogP contribution in [0.2, 0.25) is 0 Å². The summed E-state index contributed by atoms with van der Waals surface area (Å²) in [4.78, 5) is 10.1. The first-order valence-corrected chi connectivity index (χ1v) is 6.24. The fourth-order valence-corrected chi connectivity index (χ4v) is 2.22. The minimum absolute atomic E-state index is 0.0366. The number of hydrogen-bond donors (Lipinski definition) is 2. The molecule has 0 amide bonds. The first-order valence-electron chi connectivity index (χ1n) is 4.80. The molecular weight excluding hydrogens is 260 g/mol. The maximum absolute atomic E-state index is 12.0. The molecule has 0 saturated carbocycles. The molecule has 2 N–H and O–H groups in total. The topological polar surface area (TPSA) is 116 Å². The van der Waals surface area contributed by atoms with Crippen molar-refractivity contribution < 1.29 is 13.5 Å². The van der Waals surface area contributed by atoms with Crippen LogP contribution in [-0.2, 0) is 10.0 Å². The van der Waals surface area contributed by atoms with Gasteiger partial charge in [-0.05, 0) is 19.1 Å². The van der Waals surface area contributed by atoms with Crippen molar-refractivity contribution in [2.75, 3.05) is 7.05 Å². The van der Waals surface area contributed by atoms with E-state index in [4.69, 9.17) is 5.41 Å². The quantitative estimate of drug-likeness (QED) is 0.356. The zero-order chi connectivity index (χ0) is 13.9. The van der Waals surface area contributed by atoms with Crippen molar-refractivity contribution in [1.82, 2.24) is 9.73 Å². The molecule has 0 atom stereocenters. The fraction of sp³-hybridized carbons (Fsp3) is 0.222. The average Bonchev–Trinajstić information content (AvgIpc) is 2.27. The number of nitro groups is 1. The normalized spacial score (nSPS) is 10.8. The van der Waals surface area contributed by atoms with Gasteiger partial charge in [-0.3, -0.25) is 5.41 Å². The highest BCUT2D eigenvalue weighted by molar-refractivity contribution is 7.89. The highest BCUT2D eigenvalue weighted by Crippen LogP contribution is 2.14. The second-order valence-electron chi connectivity index (χ2n) is 3.50. The molecule has 1 aromatic rings. The Kier molecular flexibility index (Phi) is 3.86. The number of rotatable bonds is 3. The molecule has 98 valence electrons. The molecular formula is C9H12N4O4S. The average molecular weight is 272 g/mol. The Labute approximate surface area is 104 Å². The van der Waals surface area contributed by atoms with Crippen molar-refractivity contribution >= 4 is 16.0 Å². The van der Waals surface area contributed by atoms with E-state index in [1.54, 1.807) is 19.1 Å². The number of benzene rings is 1. The predicted molar refractivity (Wildman–Crippen MR) is 64.0 cm³/mol. The molecule has 0 aliphatic carbocycles. The Morgan fingerprint density at radius 2 is 1.89 bits per heavy atom. The molecule has 0 aliphatic heterocycles. The molecule has 0 aromatic heterocycles. The van der Waals surface area contributed by atoms with Gasteiger partial charge in [0.1, 0.15) is 0 Å². The van der Waals surface area contributed by atoms with E-state index < -0.39 is 21.0 Å². The van der Waals surface area contributed by atoms with E-state index >= 15 is 0 Å². The number of hydrazine groups is 1. The van der Waals surface area contributed by atoms with Gasteiger partial charge in [-0.25, -0.2) is 22.8 Å². The summed E-state index contributed by atoms with van der Waals surface area (Å²) in [5.74, 6) is -0.833. The third kappa shape index (κ3) is 2.94. The molecule has 0 fully saturated rings. The van der Waals surface area contributed by atoms with Gasteiger partial charge in [0.15, 0.2) is 5.03 Å². The van der Waals surface area contributed by atoms with Gasteiger partial charge >= 0.3 is 0 Å². The standard InChI is InChI=1S/C9H12N4O4S/c1-7-3-5-8(6-4-7)18(16,17)12(2)9(10)11-13(14)15/h3-6H,1-2H3,(H2,10,11). The Bertz CT molecular complexity index is 567. The zero-order valence-corrected chi connectivity index (χ0v) is 10.6. The van der Waals surface area contributed by atoms with E-state index in [9.17, 15) is 18.5 Å². The van der Waals surface area contributed by atoms with Crippen LogP contribution in [0.5, 0.6) is 0 Å². The Hall–Kier alpha value is -2.16. The van der Waals surface area contributed by atoms with Crippen molar-refractivity contribution in [2.24, 2.45) is 0 Å². The zero-order valence-electron chi connectivity index (χ0n) is 9.75. The minimum atomic E-state index is -3.96. The lowest BCUT2D eigenvalue weighted by atomic mass is 10.2. The first-order chi connectivity index (χ1) is 8.25. The highest BCUT2D eigenvalue weighted by Gasteiger charge is 2.25. The van der Waals surface area contributed by atoms with E-state index in [-0.39, 0.29) is 4.90 Å². The van der Waals surface area contributed by atoms with Gasteiger partial charge in [0, 0.05) is 7.05 Å². The number of aryl methyl sites for hydroxylation is 1. The molecule has 0 saturated heterocycles. The summed E-state index contributed by atoms with van der Waals surface area (Å²) in [6, 6.07) is 5.96. The summed E-state index contributed by atoms with van der Waals surface area (Å²) in [6.07, 6.45) is 0. The first kappa shape index (κ1) is 13.9. The Balaban J connectivity index is 3.03. The van der Waals surface area contributed by atoms with E-state index in [2.05, 4.69) is 0 Å². The van der Waals surface area contributed by atoms with Gasteiger partial charge in [0.2, 0.25) is 0 Å². The summed E-state index contributed by atoms with van der Waals surface area (Å²) in [5.41, 5.74) is 2.37. The van der Waals surface area contributed by atoms with E-state index in [1.165, 1.54) is 17.6 Å². The highest BCUT2D eigenvalue weighted by atomic mass is 32.2. The number of nitrogens with one attached hydrogen (secondary N) is 2. The third-order valence-corrected chi connectivity index (χ3v) is 3.96. The molecule has 8 nitrogen and oxygen atoms in total.